The second kappa shape index (κ2) is 5.40. The molecule has 4 rings (SSSR count). The Bertz CT molecular complexity index is 500. The third kappa shape index (κ3) is 2.64. The number of benzene rings is 1. The molecule has 1 saturated heterocycles. The van der Waals surface area contributed by atoms with Crippen LogP contribution in [0, 0.1) is 5.92 Å². The molecular weight excluding hydrogens is 260 g/mol. The van der Waals surface area contributed by atoms with Gasteiger partial charge >= 0.3 is 0 Å². The molecule has 3 aliphatic rings. The van der Waals surface area contributed by atoms with Crippen molar-refractivity contribution in [3.63, 3.8) is 0 Å². The molecule has 1 N–H and O–H groups in total. The maximum absolute atomic E-state index is 11.0. The summed E-state index contributed by atoms with van der Waals surface area (Å²) in [5.74, 6) is 1.08. The molecule has 2 heteroatoms. The zero-order chi connectivity index (χ0) is 14.3. The second-order valence-electron chi connectivity index (χ2n) is 7.34. The molecule has 0 amide bonds. The van der Waals surface area contributed by atoms with Gasteiger partial charge in [-0.3, -0.25) is 0 Å². The number of hydrogen-bond acceptors (Lipinski definition) is 2. The van der Waals surface area contributed by atoms with Crippen molar-refractivity contribution in [1.29, 1.82) is 0 Å². The molecule has 1 spiro atoms. The summed E-state index contributed by atoms with van der Waals surface area (Å²) in [7, 11) is 0. The van der Waals surface area contributed by atoms with Gasteiger partial charge in [0.25, 0.3) is 0 Å². The molecule has 0 radical (unpaired) electrons. The van der Waals surface area contributed by atoms with Gasteiger partial charge < -0.3 is 9.84 Å². The Balaban J connectivity index is 1.55. The average Bonchev–Trinajstić information content (AvgIpc) is 3.29. The van der Waals surface area contributed by atoms with E-state index in [1.165, 1.54) is 49.7 Å². The van der Waals surface area contributed by atoms with E-state index in [4.69, 9.17) is 4.74 Å². The highest BCUT2D eigenvalue weighted by Gasteiger charge is 2.42. The van der Waals surface area contributed by atoms with E-state index in [1.807, 2.05) is 0 Å². The van der Waals surface area contributed by atoms with Crippen LogP contribution >= 0.6 is 0 Å². The van der Waals surface area contributed by atoms with E-state index in [2.05, 4.69) is 24.3 Å². The van der Waals surface area contributed by atoms with Crippen molar-refractivity contribution < 1.29 is 9.84 Å². The topological polar surface area (TPSA) is 29.5 Å². The molecular formula is C19H26O2. The van der Waals surface area contributed by atoms with Gasteiger partial charge in [-0.05, 0) is 61.5 Å². The monoisotopic (exact) mass is 286 g/mol. The lowest BCUT2D eigenvalue weighted by Crippen LogP contribution is -2.39. The summed E-state index contributed by atoms with van der Waals surface area (Å²) in [6.07, 6.45) is 9.31. The molecule has 21 heavy (non-hydrogen) atoms. The molecule has 0 aromatic heterocycles. The van der Waals surface area contributed by atoms with Crippen molar-refractivity contribution >= 4 is 0 Å². The lowest BCUT2D eigenvalue weighted by molar-refractivity contribution is -0.113. The number of rotatable bonds is 3. The molecule has 114 valence electrons. The summed E-state index contributed by atoms with van der Waals surface area (Å²) in [4.78, 5) is 0. The van der Waals surface area contributed by atoms with E-state index < -0.39 is 0 Å². The Morgan fingerprint density at radius 3 is 2.62 bits per heavy atom. The van der Waals surface area contributed by atoms with Gasteiger partial charge in [-0.1, -0.05) is 37.1 Å². The third-order valence-corrected chi connectivity index (χ3v) is 5.82. The fourth-order valence-corrected chi connectivity index (χ4v) is 4.50. The minimum Gasteiger partial charge on any atom is -0.388 e. The maximum atomic E-state index is 11.0. The van der Waals surface area contributed by atoms with Crippen LogP contribution in [0.5, 0.6) is 0 Å². The highest BCUT2D eigenvalue weighted by atomic mass is 16.5. The summed E-state index contributed by atoms with van der Waals surface area (Å²) in [6.45, 7) is 0.827. The van der Waals surface area contributed by atoms with Crippen LogP contribution in [0.2, 0.25) is 0 Å². The van der Waals surface area contributed by atoms with Crippen molar-refractivity contribution in [1.82, 2.24) is 0 Å². The first-order valence-electron chi connectivity index (χ1n) is 8.68. The molecule has 2 saturated carbocycles. The number of aliphatic hydroxyl groups excluding tert-OH is 1. The Hall–Kier alpha value is -0.860. The highest BCUT2D eigenvalue weighted by Crippen LogP contribution is 2.48. The largest absolute Gasteiger partial charge is 0.388 e. The molecule has 1 aromatic carbocycles. The fraction of sp³-hybridized carbons (Fsp3) is 0.684. The first-order chi connectivity index (χ1) is 10.3. The van der Waals surface area contributed by atoms with E-state index >= 15 is 0 Å². The lowest BCUT2D eigenvalue weighted by Gasteiger charge is -2.40. The zero-order valence-corrected chi connectivity index (χ0v) is 12.8. The summed E-state index contributed by atoms with van der Waals surface area (Å²) < 4.78 is 6.12. The van der Waals surface area contributed by atoms with Crippen molar-refractivity contribution in [2.45, 2.75) is 69.0 Å². The SMILES string of the molecule is OC(c1ccccc1C1CC1)C1CCOC2(CCCC2)C1. The molecule has 0 bridgehead atoms. The number of aliphatic hydroxyl groups is 1. The van der Waals surface area contributed by atoms with Gasteiger partial charge in [-0.15, -0.1) is 0 Å². The third-order valence-electron chi connectivity index (χ3n) is 5.82. The van der Waals surface area contributed by atoms with Crippen LogP contribution in [-0.2, 0) is 4.74 Å². The molecule has 2 nitrogen and oxygen atoms in total. The van der Waals surface area contributed by atoms with Crippen molar-refractivity contribution in [3.05, 3.63) is 35.4 Å². The average molecular weight is 286 g/mol. The van der Waals surface area contributed by atoms with E-state index in [9.17, 15) is 5.11 Å². The predicted octanol–water partition coefficient (Wildman–Crippen LogP) is 4.34. The minimum absolute atomic E-state index is 0.0957. The molecule has 2 atom stereocenters. The Morgan fingerprint density at radius 2 is 1.86 bits per heavy atom. The van der Waals surface area contributed by atoms with Gasteiger partial charge in [0.05, 0.1) is 11.7 Å². The van der Waals surface area contributed by atoms with E-state index in [-0.39, 0.29) is 11.7 Å². The lowest BCUT2D eigenvalue weighted by atomic mass is 9.78. The summed E-state index contributed by atoms with van der Waals surface area (Å²) >= 11 is 0. The molecule has 2 unspecified atom stereocenters. The van der Waals surface area contributed by atoms with Crippen LogP contribution in [0.1, 0.15) is 74.5 Å². The van der Waals surface area contributed by atoms with E-state index in [1.54, 1.807) is 0 Å². The minimum atomic E-state index is -0.303. The molecule has 1 heterocycles. The molecule has 3 fully saturated rings. The van der Waals surface area contributed by atoms with Gasteiger partial charge in [0.15, 0.2) is 0 Å². The normalized spacial score (nSPS) is 29.7. The van der Waals surface area contributed by atoms with E-state index in [0.717, 1.165) is 19.4 Å². The molecule has 1 aromatic rings. The maximum Gasteiger partial charge on any atom is 0.0822 e. The van der Waals surface area contributed by atoms with Crippen LogP contribution in [0.15, 0.2) is 24.3 Å². The zero-order valence-electron chi connectivity index (χ0n) is 12.8. The Morgan fingerprint density at radius 1 is 1.10 bits per heavy atom. The summed E-state index contributed by atoms with van der Waals surface area (Å²) in [5.41, 5.74) is 2.69. The van der Waals surface area contributed by atoms with Crippen molar-refractivity contribution in [2.75, 3.05) is 6.61 Å². The van der Waals surface area contributed by atoms with Crippen LogP contribution < -0.4 is 0 Å². The van der Waals surface area contributed by atoms with Crippen LogP contribution in [0.3, 0.4) is 0 Å². The van der Waals surface area contributed by atoms with Gasteiger partial charge in [-0.25, -0.2) is 0 Å². The van der Waals surface area contributed by atoms with E-state index in [0.29, 0.717) is 11.8 Å². The summed E-state index contributed by atoms with van der Waals surface area (Å²) in [6, 6.07) is 8.57. The van der Waals surface area contributed by atoms with Crippen LogP contribution in [-0.4, -0.2) is 17.3 Å². The van der Waals surface area contributed by atoms with Crippen LogP contribution in [0.4, 0.5) is 0 Å². The van der Waals surface area contributed by atoms with Gasteiger partial charge in [0, 0.05) is 6.61 Å². The van der Waals surface area contributed by atoms with Crippen LogP contribution in [0.25, 0.3) is 0 Å². The Kier molecular flexibility index (Phi) is 3.55. The van der Waals surface area contributed by atoms with Gasteiger partial charge in [0.1, 0.15) is 0 Å². The number of hydrogen-bond donors (Lipinski definition) is 1. The quantitative estimate of drug-likeness (QED) is 0.895. The van der Waals surface area contributed by atoms with Gasteiger partial charge in [-0.2, -0.15) is 0 Å². The first kappa shape index (κ1) is 13.8. The highest BCUT2D eigenvalue weighted by molar-refractivity contribution is 5.35. The van der Waals surface area contributed by atoms with Crippen molar-refractivity contribution in [2.24, 2.45) is 5.92 Å². The number of ether oxygens (including phenoxy) is 1. The molecule has 2 aliphatic carbocycles. The first-order valence-corrected chi connectivity index (χ1v) is 8.68. The standard InChI is InChI=1S/C19H26O2/c20-18(17-6-2-1-5-16(17)14-7-8-14)15-9-12-21-19(13-15)10-3-4-11-19/h1-2,5-6,14-15,18,20H,3-4,7-13H2. The second-order valence-corrected chi connectivity index (χ2v) is 7.34. The molecule has 1 aliphatic heterocycles. The summed E-state index contributed by atoms with van der Waals surface area (Å²) in [5, 5.41) is 11.0. The van der Waals surface area contributed by atoms with Crippen molar-refractivity contribution in [3.8, 4) is 0 Å². The predicted molar refractivity (Wildman–Crippen MR) is 83.3 cm³/mol. The fourth-order valence-electron chi connectivity index (χ4n) is 4.50. The van der Waals surface area contributed by atoms with Gasteiger partial charge in [0.2, 0.25) is 0 Å². The smallest absolute Gasteiger partial charge is 0.0822 e. The Labute approximate surface area is 127 Å².